The molecule has 1 aromatic carbocycles. The molecule has 0 radical (unpaired) electrons. The van der Waals surface area contributed by atoms with Gasteiger partial charge in [0.15, 0.2) is 0 Å². The molecule has 0 saturated heterocycles. The lowest BCUT2D eigenvalue weighted by Gasteiger charge is -1.97. The van der Waals surface area contributed by atoms with Crippen LogP contribution in [0.5, 0.6) is 5.75 Å². The molecule has 1 aromatic rings. The van der Waals surface area contributed by atoms with Crippen molar-refractivity contribution in [1.82, 2.24) is 0 Å². The molecule has 0 aliphatic carbocycles. The minimum atomic E-state index is 0.873. The second-order valence-corrected chi connectivity index (χ2v) is 2.16. The van der Waals surface area contributed by atoms with Gasteiger partial charge in [0.25, 0.3) is 0 Å². The largest absolute Gasteiger partial charge is 0.497 e. The zero-order chi connectivity index (χ0) is 8.10. The van der Waals surface area contributed by atoms with Gasteiger partial charge in [-0.1, -0.05) is 0 Å². The Balaban J connectivity index is 2.82. The molecule has 11 heavy (non-hydrogen) atoms. The summed E-state index contributed by atoms with van der Waals surface area (Å²) in [7, 11) is 3.41. The number of rotatable bonds is 2. The standard InChI is InChI=1S/C9H11NO/c1-10-7-8-3-5-9(11-2)6-4-8/h3-7H,1-2H3. The van der Waals surface area contributed by atoms with Gasteiger partial charge in [-0.15, -0.1) is 0 Å². The maximum absolute atomic E-state index is 5.00. The maximum Gasteiger partial charge on any atom is 0.118 e. The van der Waals surface area contributed by atoms with Gasteiger partial charge >= 0.3 is 0 Å². The number of hydrogen-bond acceptors (Lipinski definition) is 2. The summed E-state index contributed by atoms with van der Waals surface area (Å²) < 4.78 is 5.00. The summed E-state index contributed by atoms with van der Waals surface area (Å²) in [4.78, 5) is 3.90. The van der Waals surface area contributed by atoms with Crippen LogP contribution in [-0.2, 0) is 0 Å². The normalized spacial score (nSPS) is 10.4. The van der Waals surface area contributed by atoms with E-state index >= 15 is 0 Å². The molecule has 0 aromatic heterocycles. The minimum absolute atomic E-state index is 0.873. The molecule has 0 bridgehead atoms. The number of benzene rings is 1. The Morgan fingerprint density at radius 2 is 1.91 bits per heavy atom. The van der Waals surface area contributed by atoms with Gasteiger partial charge in [-0.3, -0.25) is 4.99 Å². The van der Waals surface area contributed by atoms with E-state index in [2.05, 4.69) is 4.99 Å². The van der Waals surface area contributed by atoms with Gasteiger partial charge in [0.2, 0.25) is 0 Å². The molecule has 0 unspecified atom stereocenters. The Bertz CT molecular complexity index is 238. The summed E-state index contributed by atoms with van der Waals surface area (Å²) in [5.41, 5.74) is 1.09. The summed E-state index contributed by atoms with van der Waals surface area (Å²) in [5, 5.41) is 0. The molecule has 0 aliphatic rings. The van der Waals surface area contributed by atoms with Crippen LogP contribution in [0.25, 0.3) is 0 Å². The maximum atomic E-state index is 5.00. The molecular formula is C9H11NO. The smallest absolute Gasteiger partial charge is 0.118 e. The third kappa shape index (κ3) is 2.08. The van der Waals surface area contributed by atoms with E-state index in [9.17, 15) is 0 Å². The SMILES string of the molecule is CN=Cc1ccc(OC)cc1. The van der Waals surface area contributed by atoms with Crippen LogP contribution in [0, 0.1) is 0 Å². The van der Waals surface area contributed by atoms with Crippen molar-refractivity contribution in [3.63, 3.8) is 0 Å². The number of ether oxygens (including phenoxy) is 1. The van der Waals surface area contributed by atoms with Crippen molar-refractivity contribution in [2.24, 2.45) is 4.99 Å². The van der Waals surface area contributed by atoms with Crippen molar-refractivity contribution in [3.05, 3.63) is 29.8 Å². The Morgan fingerprint density at radius 3 is 2.36 bits per heavy atom. The molecule has 0 heterocycles. The van der Waals surface area contributed by atoms with Crippen molar-refractivity contribution in [2.45, 2.75) is 0 Å². The van der Waals surface area contributed by atoms with Gasteiger partial charge in [-0.2, -0.15) is 0 Å². The van der Waals surface area contributed by atoms with Crippen LogP contribution in [-0.4, -0.2) is 20.4 Å². The molecule has 0 atom stereocenters. The highest BCUT2D eigenvalue weighted by molar-refractivity contribution is 5.79. The van der Waals surface area contributed by atoms with E-state index < -0.39 is 0 Å². The van der Waals surface area contributed by atoms with E-state index in [1.165, 1.54) is 0 Å². The summed E-state index contributed by atoms with van der Waals surface area (Å²) in [6.07, 6.45) is 1.80. The Labute approximate surface area is 66.5 Å². The highest BCUT2D eigenvalue weighted by Gasteiger charge is 1.88. The molecule has 2 heteroatoms. The topological polar surface area (TPSA) is 21.6 Å². The van der Waals surface area contributed by atoms with Gasteiger partial charge in [-0.05, 0) is 29.8 Å². The molecular weight excluding hydrogens is 138 g/mol. The van der Waals surface area contributed by atoms with Crippen LogP contribution in [0.15, 0.2) is 29.3 Å². The van der Waals surface area contributed by atoms with Crippen molar-refractivity contribution >= 4 is 6.21 Å². The number of methoxy groups -OCH3 is 1. The van der Waals surface area contributed by atoms with Crippen LogP contribution in [0.4, 0.5) is 0 Å². The number of nitrogens with zero attached hydrogens (tertiary/aromatic N) is 1. The van der Waals surface area contributed by atoms with Gasteiger partial charge in [0.05, 0.1) is 7.11 Å². The van der Waals surface area contributed by atoms with Crippen LogP contribution >= 0.6 is 0 Å². The third-order valence-corrected chi connectivity index (χ3v) is 1.39. The van der Waals surface area contributed by atoms with E-state index in [-0.39, 0.29) is 0 Å². The first-order chi connectivity index (χ1) is 5.36. The summed E-state index contributed by atoms with van der Waals surface area (Å²) >= 11 is 0. The highest BCUT2D eigenvalue weighted by Crippen LogP contribution is 2.09. The lowest BCUT2D eigenvalue weighted by molar-refractivity contribution is 0.415. The van der Waals surface area contributed by atoms with Crippen molar-refractivity contribution in [1.29, 1.82) is 0 Å². The van der Waals surface area contributed by atoms with E-state index in [0.717, 1.165) is 11.3 Å². The van der Waals surface area contributed by atoms with Crippen LogP contribution < -0.4 is 4.74 Å². The summed E-state index contributed by atoms with van der Waals surface area (Å²) in [5.74, 6) is 0.873. The predicted molar refractivity (Wildman–Crippen MR) is 46.5 cm³/mol. The van der Waals surface area contributed by atoms with Gasteiger partial charge in [0, 0.05) is 13.3 Å². The van der Waals surface area contributed by atoms with E-state index in [1.807, 2.05) is 24.3 Å². The molecule has 0 aliphatic heterocycles. The first-order valence-electron chi connectivity index (χ1n) is 3.43. The van der Waals surface area contributed by atoms with Crippen LogP contribution in [0.3, 0.4) is 0 Å². The quantitative estimate of drug-likeness (QED) is 0.587. The zero-order valence-corrected chi connectivity index (χ0v) is 6.74. The van der Waals surface area contributed by atoms with Crippen molar-refractivity contribution < 1.29 is 4.74 Å². The van der Waals surface area contributed by atoms with E-state index in [0.29, 0.717) is 0 Å². The number of aliphatic imine (C=N–C) groups is 1. The molecule has 1 rings (SSSR count). The first kappa shape index (κ1) is 7.79. The van der Waals surface area contributed by atoms with Gasteiger partial charge in [-0.25, -0.2) is 0 Å². The van der Waals surface area contributed by atoms with E-state index in [1.54, 1.807) is 20.4 Å². The number of hydrogen-bond donors (Lipinski definition) is 0. The molecule has 2 nitrogen and oxygen atoms in total. The van der Waals surface area contributed by atoms with E-state index in [4.69, 9.17) is 4.74 Å². The van der Waals surface area contributed by atoms with Crippen LogP contribution in [0.2, 0.25) is 0 Å². The monoisotopic (exact) mass is 149 g/mol. The lowest BCUT2D eigenvalue weighted by atomic mass is 10.2. The van der Waals surface area contributed by atoms with Crippen LogP contribution in [0.1, 0.15) is 5.56 Å². The Hall–Kier alpha value is -1.31. The third-order valence-electron chi connectivity index (χ3n) is 1.39. The van der Waals surface area contributed by atoms with Gasteiger partial charge in [0.1, 0.15) is 5.75 Å². The van der Waals surface area contributed by atoms with Gasteiger partial charge < -0.3 is 4.74 Å². The Kier molecular flexibility index (Phi) is 2.66. The average Bonchev–Trinajstić information content (AvgIpc) is 2.07. The molecule has 58 valence electrons. The molecule has 0 amide bonds. The second kappa shape index (κ2) is 3.76. The second-order valence-electron chi connectivity index (χ2n) is 2.16. The Morgan fingerprint density at radius 1 is 1.27 bits per heavy atom. The van der Waals surface area contributed by atoms with Crippen molar-refractivity contribution in [3.8, 4) is 5.75 Å². The zero-order valence-electron chi connectivity index (χ0n) is 6.74. The summed E-state index contributed by atoms with van der Waals surface area (Å²) in [6, 6.07) is 7.76. The molecule has 0 N–H and O–H groups in total. The fourth-order valence-electron chi connectivity index (χ4n) is 0.839. The predicted octanol–water partition coefficient (Wildman–Crippen LogP) is 1.74. The minimum Gasteiger partial charge on any atom is -0.497 e. The van der Waals surface area contributed by atoms with Crippen molar-refractivity contribution in [2.75, 3.05) is 14.2 Å². The molecule has 0 fully saturated rings. The average molecular weight is 149 g/mol. The molecule has 0 spiro atoms. The lowest BCUT2D eigenvalue weighted by Crippen LogP contribution is -1.83. The fourth-order valence-corrected chi connectivity index (χ4v) is 0.839. The highest BCUT2D eigenvalue weighted by atomic mass is 16.5. The first-order valence-corrected chi connectivity index (χ1v) is 3.43. The fraction of sp³-hybridized carbons (Fsp3) is 0.222. The summed E-state index contributed by atoms with van der Waals surface area (Å²) in [6.45, 7) is 0. The molecule has 0 saturated carbocycles.